The summed E-state index contributed by atoms with van der Waals surface area (Å²) < 4.78 is 32.9. The molecule has 0 saturated carbocycles. The molecule has 1 aliphatic rings. The fraction of sp³-hybridized carbons (Fsp3) is 0.600. The second-order valence-corrected chi connectivity index (χ2v) is 5.14. The van der Waals surface area contributed by atoms with Gasteiger partial charge in [-0.05, 0) is 37.9 Å². The highest BCUT2D eigenvalue weighted by Gasteiger charge is 2.27. The average Bonchev–Trinajstić information content (AvgIpc) is 2.42. The predicted molar refractivity (Wildman–Crippen MR) is 71.1 cm³/mol. The van der Waals surface area contributed by atoms with Crippen molar-refractivity contribution in [2.24, 2.45) is 5.92 Å². The highest BCUT2D eigenvalue weighted by Crippen LogP contribution is 2.31. The van der Waals surface area contributed by atoms with Crippen LogP contribution in [0.15, 0.2) is 12.1 Å². The summed E-state index contributed by atoms with van der Waals surface area (Å²) in [5, 5.41) is 3.31. The molecule has 1 aromatic rings. The van der Waals surface area contributed by atoms with Crippen molar-refractivity contribution >= 4 is 0 Å². The van der Waals surface area contributed by atoms with Gasteiger partial charge in [-0.3, -0.25) is 0 Å². The van der Waals surface area contributed by atoms with E-state index in [-0.39, 0.29) is 12.0 Å². The minimum atomic E-state index is -0.489. The summed E-state index contributed by atoms with van der Waals surface area (Å²) in [6.45, 7) is 5.81. The van der Waals surface area contributed by atoms with Crippen LogP contribution < -0.4 is 5.32 Å². The molecule has 0 aromatic heterocycles. The third-order valence-electron chi connectivity index (χ3n) is 3.70. The molecule has 0 amide bonds. The Morgan fingerprint density at radius 1 is 1.37 bits per heavy atom. The number of hydrogen-bond acceptors (Lipinski definition) is 2. The summed E-state index contributed by atoms with van der Waals surface area (Å²) in [6, 6.07) is 2.50. The highest BCUT2D eigenvalue weighted by atomic mass is 19.1. The Labute approximate surface area is 113 Å². The van der Waals surface area contributed by atoms with Crippen LogP contribution in [0.4, 0.5) is 8.78 Å². The summed E-state index contributed by atoms with van der Waals surface area (Å²) in [4.78, 5) is 0. The zero-order valence-electron chi connectivity index (χ0n) is 11.5. The van der Waals surface area contributed by atoms with E-state index < -0.39 is 11.6 Å². The first kappa shape index (κ1) is 14.4. The van der Waals surface area contributed by atoms with Crippen LogP contribution in [0.2, 0.25) is 0 Å². The topological polar surface area (TPSA) is 21.3 Å². The Hall–Kier alpha value is -1.00. The molecule has 2 atom stereocenters. The molecule has 4 heteroatoms. The molecule has 1 heterocycles. The van der Waals surface area contributed by atoms with Gasteiger partial charge in [0.2, 0.25) is 0 Å². The third kappa shape index (κ3) is 3.31. The lowest BCUT2D eigenvalue weighted by Crippen LogP contribution is -2.34. The molecule has 1 saturated heterocycles. The Morgan fingerprint density at radius 3 is 2.79 bits per heavy atom. The first-order chi connectivity index (χ1) is 9.13. The minimum absolute atomic E-state index is 0.107. The van der Waals surface area contributed by atoms with Gasteiger partial charge in [-0.2, -0.15) is 0 Å². The number of aryl methyl sites for hydroxylation is 1. The number of hydrogen-bond donors (Lipinski definition) is 1. The van der Waals surface area contributed by atoms with E-state index in [1.165, 1.54) is 0 Å². The van der Waals surface area contributed by atoms with Gasteiger partial charge in [0, 0.05) is 30.2 Å². The summed E-state index contributed by atoms with van der Waals surface area (Å²) in [5.41, 5.74) is 1.03. The van der Waals surface area contributed by atoms with Crippen molar-refractivity contribution in [2.45, 2.75) is 32.7 Å². The van der Waals surface area contributed by atoms with E-state index >= 15 is 0 Å². The summed E-state index contributed by atoms with van der Waals surface area (Å²) >= 11 is 0. The van der Waals surface area contributed by atoms with Gasteiger partial charge in [0.1, 0.15) is 11.6 Å². The van der Waals surface area contributed by atoms with Gasteiger partial charge >= 0.3 is 0 Å². The van der Waals surface area contributed by atoms with Gasteiger partial charge in [0.25, 0.3) is 0 Å². The van der Waals surface area contributed by atoms with Crippen molar-refractivity contribution in [3.8, 4) is 0 Å². The highest BCUT2D eigenvalue weighted by molar-refractivity contribution is 5.29. The number of nitrogens with one attached hydrogen (secondary N) is 1. The molecule has 0 spiro atoms. The van der Waals surface area contributed by atoms with Gasteiger partial charge < -0.3 is 10.1 Å². The molecule has 2 nitrogen and oxygen atoms in total. The molecule has 1 fully saturated rings. The maximum absolute atomic E-state index is 14.0. The van der Waals surface area contributed by atoms with Crippen LogP contribution in [-0.4, -0.2) is 19.8 Å². The van der Waals surface area contributed by atoms with Gasteiger partial charge in [0.05, 0.1) is 6.61 Å². The standard InChI is InChI=1S/C15H21F2NO/c1-3-18-15(11-5-4-6-19-9-11)12-7-10(2)13(16)8-14(12)17/h7-8,11,15,18H,3-6,9H2,1-2H3. The van der Waals surface area contributed by atoms with E-state index in [0.717, 1.165) is 32.1 Å². The zero-order valence-corrected chi connectivity index (χ0v) is 11.5. The van der Waals surface area contributed by atoms with Crippen molar-refractivity contribution < 1.29 is 13.5 Å². The fourth-order valence-corrected chi connectivity index (χ4v) is 2.70. The maximum atomic E-state index is 14.0. The first-order valence-electron chi connectivity index (χ1n) is 6.90. The van der Waals surface area contributed by atoms with Crippen molar-refractivity contribution in [3.05, 3.63) is 34.9 Å². The van der Waals surface area contributed by atoms with Gasteiger partial charge in [-0.1, -0.05) is 6.92 Å². The molecule has 0 bridgehead atoms. The van der Waals surface area contributed by atoms with E-state index in [4.69, 9.17) is 4.74 Å². The second-order valence-electron chi connectivity index (χ2n) is 5.14. The lowest BCUT2D eigenvalue weighted by atomic mass is 9.87. The molecule has 2 rings (SSSR count). The van der Waals surface area contributed by atoms with E-state index in [0.29, 0.717) is 17.7 Å². The van der Waals surface area contributed by atoms with Crippen LogP contribution in [0.25, 0.3) is 0 Å². The minimum Gasteiger partial charge on any atom is -0.381 e. The Kier molecular flexibility index (Phi) is 4.88. The molecule has 1 aliphatic heterocycles. The monoisotopic (exact) mass is 269 g/mol. The van der Waals surface area contributed by atoms with E-state index in [9.17, 15) is 8.78 Å². The van der Waals surface area contributed by atoms with Crippen LogP contribution in [0.5, 0.6) is 0 Å². The lowest BCUT2D eigenvalue weighted by molar-refractivity contribution is 0.0387. The molecule has 0 radical (unpaired) electrons. The molecule has 19 heavy (non-hydrogen) atoms. The van der Waals surface area contributed by atoms with Crippen LogP contribution >= 0.6 is 0 Å². The lowest BCUT2D eigenvalue weighted by Gasteiger charge is -2.31. The quantitative estimate of drug-likeness (QED) is 0.905. The van der Waals surface area contributed by atoms with Gasteiger partial charge in [0.15, 0.2) is 0 Å². The normalized spacial score (nSPS) is 21.4. The van der Waals surface area contributed by atoms with Gasteiger partial charge in [-0.15, -0.1) is 0 Å². The molecular weight excluding hydrogens is 248 g/mol. The van der Waals surface area contributed by atoms with Crippen molar-refractivity contribution in [3.63, 3.8) is 0 Å². The Bertz CT molecular complexity index is 430. The summed E-state index contributed by atoms with van der Waals surface area (Å²) in [5.74, 6) is -0.718. The molecule has 0 aliphatic carbocycles. The van der Waals surface area contributed by atoms with Crippen LogP contribution in [0.1, 0.15) is 36.9 Å². The molecule has 1 aromatic carbocycles. The number of ether oxygens (including phenoxy) is 1. The number of benzene rings is 1. The molecule has 1 N–H and O–H groups in total. The molecule has 106 valence electrons. The predicted octanol–water partition coefficient (Wildman–Crippen LogP) is 3.35. The van der Waals surface area contributed by atoms with E-state index in [1.807, 2.05) is 6.92 Å². The third-order valence-corrected chi connectivity index (χ3v) is 3.70. The van der Waals surface area contributed by atoms with E-state index in [1.54, 1.807) is 13.0 Å². The van der Waals surface area contributed by atoms with Crippen LogP contribution in [0, 0.1) is 24.5 Å². The SMILES string of the molecule is CCNC(c1cc(C)c(F)cc1F)C1CCCOC1. The molecular formula is C15H21F2NO. The van der Waals surface area contributed by atoms with Crippen molar-refractivity contribution in [1.82, 2.24) is 5.32 Å². The number of halogens is 2. The summed E-state index contributed by atoms with van der Waals surface area (Å²) in [7, 11) is 0. The summed E-state index contributed by atoms with van der Waals surface area (Å²) in [6.07, 6.45) is 2.00. The van der Waals surface area contributed by atoms with Crippen LogP contribution in [0.3, 0.4) is 0 Å². The van der Waals surface area contributed by atoms with E-state index in [2.05, 4.69) is 5.32 Å². The largest absolute Gasteiger partial charge is 0.381 e. The second kappa shape index (κ2) is 6.44. The fourth-order valence-electron chi connectivity index (χ4n) is 2.70. The first-order valence-corrected chi connectivity index (χ1v) is 6.90. The van der Waals surface area contributed by atoms with Crippen molar-refractivity contribution in [1.29, 1.82) is 0 Å². The Balaban J connectivity index is 2.29. The van der Waals surface area contributed by atoms with Crippen LogP contribution in [-0.2, 0) is 4.74 Å². The van der Waals surface area contributed by atoms with Gasteiger partial charge in [-0.25, -0.2) is 8.78 Å². The maximum Gasteiger partial charge on any atom is 0.130 e. The van der Waals surface area contributed by atoms with Crippen molar-refractivity contribution in [2.75, 3.05) is 19.8 Å². The Morgan fingerprint density at radius 2 is 2.16 bits per heavy atom. The zero-order chi connectivity index (χ0) is 13.8. The number of rotatable bonds is 4. The molecule has 2 unspecified atom stereocenters. The average molecular weight is 269 g/mol. The smallest absolute Gasteiger partial charge is 0.130 e.